The number of nitrogens with zero attached hydrogens (tertiary/aromatic N) is 1. The van der Waals surface area contributed by atoms with Crippen molar-refractivity contribution in [1.82, 2.24) is 4.98 Å². The number of aliphatic hydroxyl groups excluding tert-OH is 1. The zero-order valence-electron chi connectivity index (χ0n) is 7.85. The van der Waals surface area contributed by atoms with Gasteiger partial charge in [0, 0.05) is 16.2 Å². The summed E-state index contributed by atoms with van der Waals surface area (Å²) in [6, 6.07) is 1.44. The second kappa shape index (κ2) is 4.49. The van der Waals surface area contributed by atoms with Crippen molar-refractivity contribution in [3.05, 3.63) is 28.0 Å². The van der Waals surface area contributed by atoms with Crippen molar-refractivity contribution in [2.75, 3.05) is 0 Å². The van der Waals surface area contributed by atoms with Crippen molar-refractivity contribution >= 4 is 15.9 Å². The van der Waals surface area contributed by atoms with Gasteiger partial charge >= 0.3 is 6.18 Å². The van der Waals surface area contributed by atoms with Crippen LogP contribution >= 0.6 is 15.9 Å². The lowest BCUT2D eigenvalue weighted by Gasteiger charge is -2.17. The summed E-state index contributed by atoms with van der Waals surface area (Å²) in [6.45, 7) is 0.567. The highest BCUT2D eigenvalue weighted by Crippen LogP contribution is 2.35. The van der Waals surface area contributed by atoms with E-state index in [0.717, 1.165) is 6.92 Å². The summed E-state index contributed by atoms with van der Waals surface area (Å²) in [5.41, 5.74) is 0.0578. The van der Waals surface area contributed by atoms with E-state index in [4.69, 9.17) is 5.11 Å². The molecule has 15 heavy (non-hydrogen) atoms. The van der Waals surface area contributed by atoms with Crippen LogP contribution in [0.3, 0.4) is 0 Å². The SMILES string of the molecule is C[C@H](c1ncc(Br)cc1CO)C(F)(F)F. The Bertz CT molecular complexity index is 354. The number of halogens is 4. The molecule has 0 bridgehead atoms. The van der Waals surface area contributed by atoms with Crippen LogP contribution in [0.25, 0.3) is 0 Å². The molecule has 1 aromatic rings. The lowest BCUT2D eigenvalue weighted by Crippen LogP contribution is -2.20. The van der Waals surface area contributed by atoms with Gasteiger partial charge in [0.1, 0.15) is 0 Å². The summed E-state index contributed by atoms with van der Waals surface area (Å²) in [6.07, 6.45) is -3.05. The Morgan fingerprint density at radius 3 is 2.60 bits per heavy atom. The zero-order valence-corrected chi connectivity index (χ0v) is 9.43. The quantitative estimate of drug-likeness (QED) is 0.905. The molecule has 1 atom stereocenters. The molecular formula is C9H9BrF3NO. The molecule has 1 aromatic heterocycles. The Hall–Kier alpha value is -0.620. The number of hydrogen-bond acceptors (Lipinski definition) is 2. The number of aliphatic hydroxyl groups is 1. The van der Waals surface area contributed by atoms with E-state index in [1.54, 1.807) is 0 Å². The van der Waals surface area contributed by atoms with Crippen molar-refractivity contribution in [1.29, 1.82) is 0 Å². The summed E-state index contributed by atoms with van der Waals surface area (Å²) in [5, 5.41) is 8.93. The van der Waals surface area contributed by atoms with E-state index in [1.807, 2.05) is 0 Å². The highest BCUT2D eigenvalue weighted by Gasteiger charge is 2.39. The molecule has 1 heterocycles. The van der Waals surface area contributed by atoms with Crippen molar-refractivity contribution in [2.24, 2.45) is 0 Å². The summed E-state index contributed by atoms with van der Waals surface area (Å²) >= 11 is 3.08. The fourth-order valence-electron chi connectivity index (χ4n) is 1.16. The van der Waals surface area contributed by atoms with Crippen molar-refractivity contribution in [3.8, 4) is 0 Å². The maximum atomic E-state index is 12.4. The molecular weight excluding hydrogens is 275 g/mol. The summed E-state index contributed by atoms with van der Waals surface area (Å²) < 4.78 is 37.8. The van der Waals surface area contributed by atoms with Crippen molar-refractivity contribution in [2.45, 2.75) is 25.6 Å². The van der Waals surface area contributed by atoms with Crippen LogP contribution in [-0.4, -0.2) is 16.3 Å². The van der Waals surface area contributed by atoms with Gasteiger partial charge in [0.25, 0.3) is 0 Å². The molecule has 0 aliphatic carbocycles. The molecule has 84 valence electrons. The fourth-order valence-corrected chi connectivity index (χ4v) is 1.54. The predicted octanol–water partition coefficient (Wildman–Crippen LogP) is 3.00. The molecule has 1 N–H and O–H groups in total. The van der Waals surface area contributed by atoms with Crippen molar-refractivity contribution < 1.29 is 18.3 Å². The maximum absolute atomic E-state index is 12.4. The molecule has 0 saturated heterocycles. The first-order valence-electron chi connectivity index (χ1n) is 4.18. The smallest absolute Gasteiger partial charge is 0.392 e. The van der Waals surface area contributed by atoms with Gasteiger partial charge in [-0.25, -0.2) is 0 Å². The van der Waals surface area contributed by atoms with E-state index in [2.05, 4.69) is 20.9 Å². The second-order valence-electron chi connectivity index (χ2n) is 3.12. The van der Waals surface area contributed by atoms with E-state index in [-0.39, 0.29) is 11.3 Å². The predicted molar refractivity (Wildman–Crippen MR) is 52.3 cm³/mol. The summed E-state index contributed by atoms with van der Waals surface area (Å²) in [4.78, 5) is 3.69. The van der Waals surface area contributed by atoms with Crippen LogP contribution in [0, 0.1) is 0 Å². The molecule has 0 aliphatic heterocycles. The molecule has 2 nitrogen and oxygen atoms in total. The molecule has 0 saturated carbocycles. The minimum atomic E-state index is -4.34. The third kappa shape index (κ3) is 2.92. The van der Waals surface area contributed by atoms with Gasteiger partial charge in [-0.15, -0.1) is 0 Å². The van der Waals surface area contributed by atoms with Gasteiger partial charge in [-0.1, -0.05) is 0 Å². The molecule has 0 aliphatic rings. The number of alkyl halides is 3. The molecule has 0 radical (unpaired) electrons. The van der Waals surface area contributed by atoms with Crippen LogP contribution in [0.1, 0.15) is 24.1 Å². The first-order chi connectivity index (χ1) is 6.86. The van der Waals surface area contributed by atoms with Crippen LogP contribution in [0.5, 0.6) is 0 Å². The lowest BCUT2D eigenvalue weighted by molar-refractivity contribution is -0.147. The third-order valence-corrected chi connectivity index (χ3v) is 2.47. The normalized spacial score (nSPS) is 14.0. The van der Waals surface area contributed by atoms with Crippen LogP contribution in [0.2, 0.25) is 0 Å². The topological polar surface area (TPSA) is 33.1 Å². The Morgan fingerprint density at radius 1 is 1.53 bits per heavy atom. The average Bonchev–Trinajstić information content (AvgIpc) is 2.15. The second-order valence-corrected chi connectivity index (χ2v) is 4.03. The number of hydrogen-bond donors (Lipinski definition) is 1. The van der Waals surface area contributed by atoms with E-state index >= 15 is 0 Å². The molecule has 0 aromatic carbocycles. The molecule has 0 spiro atoms. The Morgan fingerprint density at radius 2 is 2.13 bits per heavy atom. The van der Waals surface area contributed by atoms with Crippen LogP contribution in [0.15, 0.2) is 16.7 Å². The zero-order chi connectivity index (χ0) is 11.6. The molecule has 0 unspecified atom stereocenters. The fraction of sp³-hybridized carbons (Fsp3) is 0.444. The van der Waals surface area contributed by atoms with E-state index in [0.29, 0.717) is 4.47 Å². The first-order valence-corrected chi connectivity index (χ1v) is 4.97. The standard InChI is InChI=1S/C9H9BrF3NO/c1-5(9(11,12)13)8-6(4-15)2-7(10)3-14-8/h2-3,5,15H,4H2,1H3/t5-/m1/s1. The van der Waals surface area contributed by atoms with Gasteiger partial charge in [-0.2, -0.15) is 13.2 Å². The number of aromatic nitrogens is 1. The Labute approximate surface area is 93.3 Å². The average molecular weight is 284 g/mol. The van der Waals surface area contributed by atoms with Gasteiger partial charge in [0.15, 0.2) is 0 Å². The molecule has 6 heteroatoms. The monoisotopic (exact) mass is 283 g/mol. The third-order valence-electron chi connectivity index (χ3n) is 2.04. The minimum Gasteiger partial charge on any atom is -0.392 e. The summed E-state index contributed by atoms with van der Waals surface area (Å²) in [5.74, 6) is -1.67. The van der Waals surface area contributed by atoms with E-state index in [9.17, 15) is 13.2 Å². The van der Waals surface area contributed by atoms with Gasteiger partial charge in [-0.3, -0.25) is 4.98 Å². The highest BCUT2D eigenvalue weighted by atomic mass is 79.9. The van der Waals surface area contributed by atoms with E-state index < -0.39 is 18.7 Å². The lowest BCUT2D eigenvalue weighted by atomic mass is 10.0. The van der Waals surface area contributed by atoms with Gasteiger partial charge < -0.3 is 5.11 Å². The van der Waals surface area contributed by atoms with Gasteiger partial charge in [0.05, 0.1) is 18.2 Å². The van der Waals surface area contributed by atoms with E-state index in [1.165, 1.54) is 12.3 Å². The highest BCUT2D eigenvalue weighted by molar-refractivity contribution is 9.10. The van der Waals surface area contributed by atoms with Gasteiger partial charge in [0.2, 0.25) is 0 Å². The number of pyridine rings is 1. The maximum Gasteiger partial charge on any atom is 0.396 e. The minimum absolute atomic E-state index is 0.131. The van der Waals surface area contributed by atoms with Crippen LogP contribution < -0.4 is 0 Å². The van der Waals surface area contributed by atoms with Crippen LogP contribution in [-0.2, 0) is 6.61 Å². The largest absolute Gasteiger partial charge is 0.396 e. The molecule has 0 fully saturated rings. The Kier molecular flexibility index (Phi) is 3.72. The van der Waals surface area contributed by atoms with Crippen LogP contribution in [0.4, 0.5) is 13.2 Å². The molecule has 1 rings (SSSR count). The summed E-state index contributed by atoms with van der Waals surface area (Å²) in [7, 11) is 0. The number of rotatable bonds is 2. The van der Waals surface area contributed by atoms with Gasteiger partial charge in [-0.05, 0) is 28.9 Å². The van der Waals surface area contributed by atoms with Crippen molar-refractivity contribution in [3.63, 3.8) is 0 Å². The Balaban J connectivity index is 3.14. The molecule has 0 amide bonds. The first kappa shape index (κ1) is 12.4.